The van der Waals surface area contributed by atoms with Crippen molar-refractivity contribution in [3.8, 4) is 0 Å². The van der Waals surface area contributed by atoms with Gasteiger partial charge in [-0.2, -0.15) is 0 Å². The van der Waals surface area contributed by atoms with E-state index in [1.165, 1.54) is 11.6 Å². The number of halogens is 1. The second-order valence-electron chi connectivity index (χ2n) is 20.1. The van der Waals surface area contributed by atoms with Crippen LogP contribution < -0.4 is 0 Å². The molecule has 1 unspecified atom stereocenters. The molecule has 0 aliphatic heterocycles. The lowest BCUT2D eigenvalue weighted by molar-refractivity contribution is -0.219. The molecule has 6 N–H and O–H groups in total. The van der Waals surface area contributed by atoms with Gasteiger partial charge < -0.3 is 54.3 Å². The van der Waals surface area contributed by atoms with Gasteiger partial charge in [-0.05, 0) is 113 Å². The molecule has 0 heterocycles. The van der Waals surface area contributed by atoms with Crippen LogP contribution in [0.3, 0.4) is 0 Å². The minimum Gasteiger partial charge on any atom is -0.463 e. The van der Waals surface area contributed by atoms with Crippen molar-refractivity contribution in [3.05, 3.63) is 71.8 Å². The number of unbranched alkanes of at least 4 members (excludes halogenated alkanes) is 1. The number of Topliss-reactive ketones (excluding diaryl/α,β-unsaturated/α-hetero) is 1. The summed E-state index contributed by atoms with van der Waals surface area (Å²) in [4.78, 5) is 38.3. The van der Waals surface area contributed by atoms with E-state index in [2.05, 4.69) is 0 Å². The third-order valence-electron chi connectivity index (χ3n) is 16.2. The first-order valence-electron chi connectivity index (χ1n) is 24.5. The SMILES string of the molecule is C[C@@H]1C[C@H]2[C@@H]3CCC4=CC(O)C=C[C@]4(C)[C@@]3(F)[C@@H](O)C[C@]2(C)[C@@]1(O)C(=O)COC(=O)OCCOCCOCCOC(=O)CCC/C=C\C[C@@H]1[C@@H](CC[C@@H](O)CCc2ccccc2)[C@H](O)C[C@@H]1O. The molecule has 14 atom stereocenters. The molecule has 0 amide bonds. The summed E-state index contributed by atoms with van der Waals surface area (Å²) < 4.78 is 43.7. The lowest BCUT2D eigenvalue weighted by Crippen LogP contribution is -2.69. The normalized spacial score (nSPS) is 35.9. The number of ketones is 1. The second-order valence-corrected chi connectivity index (χ2v) is 20.1. The summed E-state index contributed by atoms with van der Waals surface area (Å²) in [6.07, 6.45) is 10.0. The Morgan fingerprint density at radius 1 is 0.866 bits per heavy atom. The molecule has 0 saturated heterocycles. The fourth-order valence-corrected chi connectivity index (χ4v) is 12.5. The highest BCUT2D eigenvalue weighted by Gasteiger charge is 2.75. The van der Waals surface area contributed by atoms with Gasteiger partial charge in [0.1, 0.15) is 18.8 Å². The fourth-order valence-electron chi connectivity index (χ4n) is 12.5. The van der Waals surface area contributed by atoms with E-state index in [0.29, 0.717) is 64.2 Å². The molecule has 0 aromatic heterocycles. The smallest absolute Gasteiger partial charge is 0.463 e. The molecule has 0 radical (unpaired) electrons. The molecule has 374 valence electrons. The Hall–Kier alpha value is -3.54. The van der Waals surface area contributed by atoms with Gasteiger partial charge in [-0.1, -0.05) is 80.1 Å². The van der Waals surface area contributed by atoms with E-state index in [9.17, 15) is 45.0 Å². The highest BCUT2D eigenvalue weighted by atomic mass is 19.1. The number of alkyl halides is 1. The third kappa shape index (κ3) is 11.7. The number of hydrogen-bond donors (Lipinski definition) is 6. The predicted octanol–water partition coefficient (Wildman–Crippen LogP) is 5.67. The fraction of sp³-hybridized carbons (Fsp3) is 0.712. The van der Waals surface area contributed by atoms with Crippen LogP contribution >= 0.6 is 0 Å². The maximum atomic E-state index is 17.4. The van der Waals surface area contributed by atoms with Crippen molar-refractivity contribution in [1.29, 1.82) is 0 Å². The third-order valence-corrected chi connectivity index (χ3v) is 16.2. The van der Waals surface area contributed by atoms with Gasteiger partial charge in [-0.15, -0.1) is 0 Å². The van der Waals surface area contributed by atoms with E-state index in [4.69, 9.17) is 23.7 Å². The molecular formula is C52H75FO14. The Bertz CT molecular complexity index is 1890. The predicted molar refractivity (Wildman–Crippen MR) is 245 cm³/mol. The molecule has 1 aromatic rings. The molecule has 1 aromatic carbocycles. The van der Waals surface area contributed by atoms with Crippen molar-refractivity contribution in [2.45, 2.75) is 146 Å². The zero-order chi connectivity index (χ0) is 48.4. The van der Waals surface area contributed by atoms with Crippen LogP contribution in [0.1, 0.15) is 103 Å². The summed E-state index contributed by atoms with van der Waals surface area (Å²) in [5, 5.41) is 65.6. The summed E-state index contributed by atoms with van der Waals surface area (Å²) in [6, 6.07) is 10.0. The molecule has 5 aliphatic rings. The van der Waals surface area contributed by atoms with Crippen LogP contribution in [-0.2, 0) is 39.7 Å². The van der Waals surface area contributed by atoms with E-state index in [-0.39, 0.29) is 70.3 Å². The van der Waals surface area contributed by atoms with Gasteiger partial charge in [0.25, 0.3) is 0 Å². The van der Waals surface area contributed by atoms with Crippen molar-refractivity contribution >= 4 is 17.9 Å². The van der Waals surface area contributed by atoms with Gasteiger partial charge in [-0.25, -0.2) is 9.18 Å². The maximum absolute atomic E-state index is 17.4. The summed E-state index contributed by atoms with van der Waals surface area (Å²) in [5.74, 6) is -2.90. The average Bonchev–Trinajstić information content (AvgIpc) is 3.68. The first kappa shape index (κ1) is 52.8. The first-order chi connectivity index (χ1) is 32.0. The van der Waals surface area contributed by atoms with Crippen molar-refractivity contribution in [2.75, 3.05) is 46.2 Å². The number of aliphatic hydroxyl groups excluding tert-OH is 5. The van der Waals surface area contributed by atoms with Crippen LogP contribution in [0.25, 0.3) is 0 Å². The number of benzene rings is 1. The van der Waals surface area contributed by atoms with Crippen molar-refractivity contribution in [1.82, 2.24) is 0 Å². The zero-order valence-corrected chi connectivity index (χ0v) is 39.5. The summed E-state index contributed by atoms with van der Waals surface area (Å²) >= 11 is 0. The number of rotatable bonds is 24. The Kier molecular flexibility index (Phi) is 18.4. The molecule has 0 spiro atoms. The molecule has 0 bridgehead atoms. The van der Waals surface area contributed by atoms with Crippen LogP contribution in [0.5, 0.6) is 0 Å². The van der Waals surface area contributed by atoms with Gasteiger partial charge in [0.15, 0.2) is 12.3 Å². The second kappa shape index (κ2) is 23.4. The van der Waals surface area contributed by atoms with Crippen molar-refractivity contribution in [3.63, 3.8) is 0 Å². The van der Waals surface area contributed by atoms with Crippen LogP contribution in [0.2, 0.25) is 0 Å². The Labute approximate surface area is 394 Å². The number of fused-ring (bicyclic) bond motifs is 5. The summed E-state index contributed by atoms with van der Waals surface area (Å²) in [6.45, 7) is 4.94. The lowest BCUT2D eigenvalue weighted by Gasteiger charge is -2.62. The maximum Gasteiger partial charge on any atom is 0.508 e. The van der Waals surface area contributed by atoms with Gasteiger partial charge in [-0.3, -0.25) is 9.59 Å². The minimum absolute atomic E-state index is 0.0221. The van der Waals surface area contributed by atoms with Crippen LogP contribution in [0.15, 0.2) is 66.3 Å². The standard InChI is InChI=1S/C52H75FO14/c1-34-29-42-41-20-16-36-30-38(55)21-22-49(36,2)51(41,53)45(58)32-50(42,3)52(34,62)46(59)33-67-48(61)66-28-26-64-24-23-63-25-27-65-47(60)14-10-5-4-9-13-39-40(44(57)31-43(39)56)19-18-37(54)17-15-35-11-7-6-8-12-35/h4,6-9,11-12,21-22,30,34,37-45,54-58,62H,5,10,13-20,23-29,31-33H2,1-3H3/b9-4-/t34-,37+,38?,39-,40-,41+,42+,43+,44-,45+,49+,50+,51+,52+/m1/s1. The molecule has 6 rings (SSSR count). The first-order valence-corrected chi connectivity index (χ1v) is 24.5. The molecule has 4 saturated carbocycles. The number of aliphatic hydroxyl groups is 6. The van der Waals surface area contributed by atoms with Crippen molar-refractivity contribution < 1.29 is 73.1 Å². The van der Waals surface area contributed by atoms with Gasteiger partial charge in [0.05, 0.1) is 56.9 Å². The summed E-state index contributed by atoms with van der Waals surface area (Å²) in [5.41, 5.74) is -4.43. The molecule has 14 nitrogen and oxygen atoms in total. The quantitative estimate of drug-likeness (QED) is 0.0418. The number of ether oxygens (including phenoxy) is 5. The lowest BCUT2D eigenvalue weighted by atomic mass is 9.44. The average molecular weight is 943 g/mol. The van der Waals surface area contributed by atoms with E-state index in [0.717, 1.165) is 12.0 Å². The van der Waals surface area contributed by atoms with Gasteiger partial charge >= 0.3 is 12.1 Å². The number of carbonyl (C=O) groups is 3. The molecule has 5 aliphatic carbocycles. The molecular weight excluding hydrogens is 868 g/mol. The van der Waals surface area contributed by atoms with Crippen LogP contribution in [-0.4, -0.2) is 137 Å². The minimum atomic E-state index is -2.06. The van der Waals surface area contributed by atoms with E-state index >= 15 is 4.39 Å². The summed E-state index contributed by atoms with van der Waals surface area (Å²) in [7, 11) is 0. The number of hydrogen-bond acceptors (Lipinski definition) is 14. The topological polar surface area (TPSA) is 219 Å². The molecule has 4 fully saturated rings. The number of carbonyl (C=O) groups excluding carboxylic acids is 3. The molecule has 15 heteroatoms. The number of esters is 1. The van der Waals surface area contributed by atoms with Gasteiger partial charge in [0.2, 0.25) is 5.78 Å². The molecule has 67 heavy (non-hydrogen) atoms. The number of allylic oxidation sites excluding steroid dienone is 4. The van der Waals surface area contributed by atoms with Crippen molar-refractivity contribution in [2.24, 2.45) is 40.4 Å². The van der Waals surface area contributed by atoms with E-state index in [1.807, 2.05) is 42.5 Å². The Morgan fingerprint density at radius 2 is 1.55 bits per heavy atom. The highest BCUT2D eigenvalue weighted by Crippen LogP contribution is 2.70. The number of aryl methyl sites for hydroxylation is 1. The Morgan fingerprint density at radius 3 is 2.28 bits per heavy atom. The van der Waals surface area contributed by atoms with Gasteiger partial charge in [0, 0.05) is 23.2 Å². The largest absolute Gasteiger partial charge is 0.508 e. The zero-order valence-electron chi connectivity index (χ0n) is 39.5. The highest BCUT2D eigenvalue weighted by molar-refractivity contribution is 5.91. The van der Waals surface area contributed by atoms with E-state index < -0.39 is 88.9 Å². The van der Waals surface area contributed by atoms with Crippen LogP contribution in [0, 0.1) is 40.4 Å². The van der Waals surface area contributed by atoms with Crippen LogP contribution in [0.4, 0.5) is 9.18 Å². The Balaban J connectivity index is 0.780. The van der Waals surface area contributed by atoms with E-state index in [1.54, 1.807) is 32.9 Å². The monoisotopic (exact) mass is 943 g/mol.